The van der Waals surface area contributed by atoms with E-state index in [1.165, 1.54) is 11.1 Å². The van der Waals surface area contributed by atoms with Crippen LogP contribution in [0.15, 0.2) is 42.5 Å². The molecule has 0 bridgehead atoms. The molecule has 2 nitrogen and oxygen atoms in total. The number of carbonyl (C=O) groups is 1. The molecule has 0 N–H and O–H groups in total. The van der Waals surface area contributed by atoms with Gasteiger partial charge in [0.25, 0.3) is 0 Å². The Balaban J connectivity index is 1.83. The van der Waals surface area contributed by atoms with Crippen molar-refractivity contribution in [3.63, 3.8) is 0 Å². The molecule has 0 amide bonds. The Hall–Kier alpha value is -1.79. The van der Waals surface area contributed by atoms with Gasteiger partial charge >= 0.3 is 13.3 Å². The van der Waals surface area contributed by atoms with Crippen molar-refractivity contribution in [2.75, 3.05) is 6.16 Å². The molecule has 0 saturated heterocycles. The van der Waals surface area contributed by atoms with Gasteiger partial charge in [0.05, 0.1) is 5.56 Å². The first-order chi connectivity index (χ1) is 13.2. The molecule has 2 aromatic carbocycles. The van der Waals surface area contributed by atoms with Crippen molar-refractivity contribution in [1.82, 2.24) is 0 Å². The Morgan fingerprint density at radius 1 is 0.893 bits per heavy atom. The fraction of sp³-hybridized carbons (Fsp3) is 0.480. The maximum absolute atomic E-state index is 12.8. The SMILES string of the molecule is Cc1cc(C(C)(C)C)cc(C)c1C(=O)[P+](=O)CCCCCCc1ccccc1. The first-order valence-electron chi connectivity index (χ1n) is 10.3. The Bertz CT molecular complexity index is 793. The smallest absolute Gasteiger partial charge is 0.234 e. The highest BCUT2D eigenvalue weighted by molar-refractivity contribution is 7.64. The highest BCUT2D eigenvalue weighted by Gasteiger charge is 2.32. The van der Waals surface area contributed by atoms with Gasteiger partial charge in [-0.2, -0.15) is 0 Å². The lowest BCUT2D eigenvalue weighted by Gasteiger charge is -2.21. The lowest BCUT2D eigenvalue weighted by molar-refractivity contribution is 0.107. The molecule has 0 aliphatic heterocycles. The summed E-state index contributed by atoms with van der Waals surface area (Å²) >= 11 is 0. The van der Waals surface area contributed by atoms with Gasteiger partial charge in [0.1, 0.15) is 0 Å². The summed E-state index contributed by atoms with van der Waals surface area (Å²) < 4.78 is 12.6. The minimum atomic E-state index is -1.84. The monoisotopic (exact) mass is 397 g/mol. The summed E-state index contributed by atoms with van der Waals surface area (Å²) in [7, 11) is -1.84. The van der Waals surface area contributed by atoms with Gasteiger partial charge in [-0.05, 0) is 67.2 Å². The first kappa shape index (κ1) is 22.5. The van der Waals surface area contributed by atoms with Gasteiger partial charge in [0.2, 0.25) is 0 Å². The fourth-order valence-corrected chi connectivity index (χ4v) is 4.86. The molecule has 0 aliphatic rings. The minimum Gasteiger partial charge on any atom is -0.234 e. The van der Waals surface area contributed by atoms with Crippen molar-refractivity contribution in [3.8, 4) is 0 Å². The molecular weight excluding hydrogens is 363 g/mol. The number of unbranched alkanes of at least 4 members (excludes halogenated alkanes) is 3. The molecule has 0 spiro atoms. The second-order valence-corrected chi connectivity index (χ2v) is 10.4. The predicted octanol–water partition coefficient (Wildman–Crippen LogP) is 7.37. The predicted molar refractivity (Wildman–Crippen MR) is 120 cm³/mol. The van der Waals surface area contributed by atoms with Crippen molar-refractivity contribution in [2.24, 2.45) is 0 Å². The van der Waals surface area contributed by atoms with Crippen molar-refractivity contribution >= 4 is 13.3 Å². The standard InChI is InChI=1S/C25H34O2P/c1-19-17-22(25(3,4)5)18-20(2)23(19)24(26)28(27)16-12-7-6-9-13-21-14-10-8-11-15-21/h8,10-11,14-15,17-18H,6-7,9,12-13,16H2,1-5H3/q+1. The van der Waals surface area contributed by atoms with Crippen LogP contribution < -0.4 is 0 Å². The lowest BCUT2D eigenvalue weighted by Crippen LogP contribution is -2.13. The maximum atomic E-state index is 12.8. The molecule has 0 radical (unpaired) electrons. The number of hydrogen-bond donors (Lipinski definition) is 0. The van der Waals surface area contributed by atoms with E-state index in [0.717, 1.165) is 43.2 Å². The number of carbonyl (C=O) groups excluding carboxylic acids is 1. The van der Waals surface area contributed by atoms with Gasteiger partial charge in [-0.15, -0.1) is 0 Å². The highest BCUT2D eigenvalue weighted by atomic mass is 31.1. The van der Waals surface area contributed by atoms with E-state index in [1.54, 1.807) is 0 Å². The van der Waals surface area contributed by atoms with Crippen LogP contribution in [0.1, 0.15) is 79.1 Å². The van der Waals surface area contributed by atoms with E-state index in [0.29, 0.717) is 11.7 Å². The van der Waals surface area contributed by atoms with E-state index in [2.05, 4.69) is 57.2 Å². The van der Waals surface area contributed by atoms with Crippen LogP contribution >= 0.6 is 7.80 Å². The van der Waals surface area contributed by atoms with E-state index < -0.39 is 7.80 Å². The first-order valence-corrected chi connectivity index (χ1v) is 11.8. The minimum absolute atomic E-state index is 0.0407. The summed E-state index contributed by atoms with van der Waals surface area (Å²) in [4.78, 5) is 12.8. The van der Waals surface area contributed by atoms with Crippen LogP contribution in [0.4, 0.5) is 0 Å². The summed E-state index contributed by atoms with van der Waals surface area (Å²) in [5.74, 6) is 0. The molecule has 28 heavy (non-hydrogen) atoms. The molecular formula is C25H34O2P+. The normalized spacial score (nSPS) is 12.1. The van der Waals surface area contributed by atoms with Crippen molar-refractivity contribution < 1.29 is 9.36 Å². The number of aryl methyl sites for hydroxylation is 3. The summed E-state index contributed by atoms with van der Waals surface area (Å²) in [5.41, 5.74) is 5.01. The lowest BCUT2D eigenvalue weighted by atomic mass is 9.84. The van der Waals surface area contributed by atoms with Gasteiger partial charge < -0.3 is 0 Å². The van der Waals surface area contributed by atoms with Crippen LogP contribution in [0.3, 0.4) is 0 Å². The van der Waals surface area contributed by atoms with Crippen LogP contribution in [-0.2, 0) is 16.4 Å². The summed E-state index contributed by atoms with van der Waals surface area (Å²) in [6.45, 7) is 10.4. The molecule has 2 aromatic rings. The largest absolute Gasteiger partial charge is 0.420 e. The van der Waals surface area contributed by atoms with E-state index in [4.69, 9.17) is 0 Å². The van der Waals surface area contributed by atoms with Crippen molar-refractivity contribution in [1.29, 1.82) is 0 Å². The number of hydrogen-bond acceptors (Lipinski definition) is 2. The molecule has 0 aliphatic carbocycles. The van der Waals surface area contributed by atoms with Crippen molar-refractivity contribution in [2.45, 2.75) is 72.1 Å². The summed E-state index contributed by atoms with van der Waals surface area (Å²) in [6, 6.07) is 14.7. The molecule has 1 atom stereocenters. The van der Waals surface area contributed by atoms with Gasteiger partial charge in [0.15, 0.2) is 6.16 Å². The van der Waals surface area contributed by atoms with Crippen molar-refractivity contribution in [3.05, 3.63) is 70.3 Å². The maximum Gasteiger partial charge on any atom is 0.420 e. The van der Waals surface area contributed by atoms with Crippen LogP contribution in [0.5, 0.6) is 0 Å². The van der Waals surface area contributed by atoms with Crippen LogP contribution in [0.2, 0.25) is 0 Å². The van der Waals surface area contributed by atoms with Gasteiger partial charge in [-0.25, -0.2) is 4.79 Å². The Labute approximate surface area is 171 Å². The van der Waals surface area contributed by atoms with E-state index >= 15 is 0 Å². The number of benzene rings is 2. The molecule has 150 valence electrons. The van der Waals surface area contributed by atoms with Crippen LogP contribution in [-0.4, -0.2) is 11.7 Å². The van der Waals surface area contributed by atoms with Crippen LogP contribution in [0, 0.1) is 13.8 Å². The molecule has 2 rings (SSSR count). The topological polar surface area (TPSA) is 34.1 Å². The third kappa shape index (κ3) is 6.38. The second-order valence-electron chi connectivity index (χ2n) is 8.79. The molecule has 0 saturated carbocycles. The van der Waals surface area contributed by atoms with E-state index in [-0.39, 0.29) is 10.9 Å². The molecule has 3 heteroatoms. The highest BCUT2D eigenvalue weighted by Crippen LogP contribution is 2.34. The third-order valence-corrected chi connectivity index (χ3v) is 6.66. The van der Waals surface area contributed by atoms with E-state index in [1.807, 2.05) is 19.9 Å². The molecule has 0 aromatic heterocycles. The second kappa shape index (κ2) is 10.1. The summed E-state index contributed by atoms with van der Waals surface area (Å²) in [5, 5.41) is 0. The van der Waals surface area contributed by atoms with Gasteiger partial charge in [0, 0.05) is 0 Å². The quantitative estimate of drug-likeness (QED) is 0.327. The average Bonchev–Trinajstić information content (AvgIpc) is 2.63. The molecule has 0 fully saturated rings. The van der Waals surface area contributed by atoms with Crippen LogP contribution in [0.25, 0.3) is 0 Å². The van der Waals surface area contributed by atoms with E-state index in [9.17, 15) is 9.36 Å². The Kier molecular flexibility index (Phi) is 8.13. The number of rotatable bonds is 9. The Morgan fingerprint density at radius 3 is 2.04 bits per heavy atom. The fourth-order valence-electron chi connectivity index (χ4n) is 3.54. The zero-order chi connectivity index (χ0) is 20.7. The molecule has 0 heterocycles. The zero-order valence-corrected chi connectivity index (χ0v) is 18.9. The average molecular weight is 398 g/mol. The zero-order valence-electron chi connectivity index (χ0n) is 18.0. The molecule has 1 unspecified atom stereocenters. The van der Waals surface area contributed by atoms with Gasteiger partial charge in [-0.3, -0.25) is 0 Å². The Morgan fingerprint density at radius 2 is 1.46 bits per heavy atom. The summed E-state index contributed by atoms with van der Waals surface area (Å²) in [6.07, 6.45) is 5.73. The van der Waals surface area contributed by atoms with Gasteiger partial charge in [-0.1, -0.05) is 74.2 Å². The third-order valence-electron chi connectivity index (χ3n) is 5.26.